The summed E-state index contributed by atoms with van der Waals surface area (Å²) in [6.45, 7) is 8.36. The van der Waals surface area contributed by atoms with Crippen molar-refractivity contribution in [2.24, 2.45) is 0 Å². The molecule has 5 nitrogen and oxygen atoms in total. The molecule has 0 saturated carbocycles. The molecule has 0 bridgehead atoms. The van der Waals surface area contributed by atoms with Crippen molar-refractivity contribution in [2.45, 2.75) is 39.2 Å². The molecule has 1 aliphatic heterocycles. The monoisotopic (exact) mass is 264 g/mol. The van der Waals surface area contributed by atoms with Crippen molar-refractivity contribution in [1.29, 1.82) is 0 Å². The lowest BCUT2D eigenvalue weighted by atomic mass is 10.1. The fourth-order valence-electron chi connectivity index (χ4n) is 2.44. The molecule has 0 amide bonds. The number of likely N-dealkylation sites (tertiary alicyclic amines) is 1. The molecule has 0 aliphatic carbocycles. The maximum absolute atomic E-state index is 5.39. The van der Waals surface area contributed by atoms with Crippen LogP contribution in [-0.4, -0.2) is 47.2 Å². The van der Waals surface area contributed by atoms with Gasteiger partial charge in [-0.1, -0.05) is 6.92 Å². The highest BCUT2D eigenvalue weighted by atomic mass is 16.5. The Kier molecular flexibility index (Phi) is 5.39. The molecule has 0 atom stereocenters. The molecule has 1 N–H and O–H groups in total. The number of nitrogens with one attached hydrogen (secondary N) is 1. The zero-order chi connectivity index (χ0) is 13.5. The predicted molar refractivity (Wildman–Crippen MR) is 76.6 cm³/mol. The second-order valence-corrected chi connectivity index (χ2v) is 4.91. The average molecular weight is 264 g/mol. The first-order valence-electron chi connectivity index (χ1n) is 7.26. The maximum atomic E-state index is 5.39. The Morgan fingerprint density at radius 2 is 2.16 bits per heavy atom. The highest BCUT2D eigenvalue weighted by molar-refractivity contribution is 5.29. The van der Waals surface area contributed by atoms with Crippen LogP contribution in [0.4, 0.5) is 5.95 Å². The first-order chi connectivity index (χ1) is 9.31. The number of anilines is 1. The van der Waals surface area contributed by atoms with Gasteiger partial charge in [0.25, 0.3) is 0 Å². The molecular formula is C14H24N4O. The van der Waals surface area contributed by atoms with Crippen LogP contribution in [0.25, 0.3) is 0 Å². The summed E-state index contributed by atoms with van der Waals surface area (Å²) in [5.41, 5.74) is 0. The van der Waals surface area contributed by atoms with Gasteiger partial charge in [0.15, 0.2) is 0 Å². The molecule has 106 valence electrons. The van der Waals surface area contributed by atoms with E-state index in [2.05, 4.69) is 27.1 Å². The molecule has 1 fully saturated rings. The molecular weight excluding hydrogens is 240 g/mol. The SMILES string of the molecule is CCCN1CCC(Nc2nccc(OCC)n2)CC1. The van der Waals surface area contributed by atoms with Crippen molar-refractivity contribution in [2.75, 3.05) is 31.6 Å². The minimum absolute atomic E-state index is 0.477. The summed E-state index contributed by atoms with van der Waals surface area (Å²) in [6, 6.07) is 2.27. The van der Waals surface area contributed by atoms with Gasteiger partial charge in [0.05, 0.1) is 6.61 Å². The minimum Gasteiger partial charge on any atom is -0.478 e. The standard InChI is InChI=1S/C14H24N4O/c1-3-9-18-10-6-12(7-11-18)16-14-15-8-5-13(17-14)19-4-2/h5,8,12H,3-4,6-7,9-11H2,1-2H3,(H,15,16,17). The highest BCUT2D eigenvalue weighted by Crippen LogP contribution is 2.15. The van der Waals surface area contributed by atoms with Crippen molar-refractivity contribution < 1.29 is 4.74 Å². The number of piperidine rings is 1. The lowest BCUT2D eigenvalue weighted by Crippen LogP contribution is -2.39. The third kappa shape index (κ3) is 4.35. The quantitative estimate of drug-likeness (QED) is 0.853. The van der Waals surface area contributed by atoms with Gasteiger partial charge in [-0.05, 0) is 32.7 Å². The van der Waals surface area contributed by atoms with Crippen LogP contribution in [-0.2, 0) is 0 Å². The van der Waals surface area contributed by atoms with E-state index in [1.54, 1.807) is 12.3 Å². The Morgan fingerprint density at radius 1 is 1.37 bits per heavy atom. The van der Waals surface area contributed by atoms with Crippen LogP contribution in [0, 0.1) is 0 Å². The topological polar surface area (TPSA) is 50.3 Å². The number of aromatic nitrogens is 2. The molecule has 2 heterocycles. The van der Waals surface area contributed by atoms with Gasteiger partial charge in [0, 0.05) is 31.4 Å². The third-order valence-electron chi connectivity index (χ3n) is 3.38. The van der Waals surface area contributed by atoms with Gasteiger partial charge in [-0.2, -0.15) is 4.98 Å². The molecule has 0 spiro atoms. The molecule has 1 aliphatic rings. The van der Waals surface area contributed by atoms with E-state index in [0.29, 0.717) is 24.5 Å². The zero-order valence-corrected chi connectivity index (χ0v) is 11.9. The van der Waals surface area contributed by atoms with Gasteiger partial charge in [-0.25, -0.2) is 4.98 Å². The van der Waals surface area contributed by atoms with E-state index in [-0.39, 0.29) is 0 Å². The van der Waals surface area contributed by atoms with Gasteiger partial charge < -0.3 is 15.0 Å². The summed E-state index contributed by atoms with van der Waals surface area (Å²) >= 11 is 0. The van der Waals surface area contributed by atoms with E-state index in [0.717, 1.165) is 25.9 Å². The van der Waals surface area contributed by atoms with Crippen LogP contribution >= 0.6 is 0 Å². The average Bonchev–Trinajstić information content (AvgIpc) is 2.42. The predicted octanol–water partition coefficient (Wildman–Crippen LogP) is 2.16. The normalized spacial score (nSPS) is 17.4. The van der Waals surface area contributed by atoms with Gasteiger partial charge in [-0.3, -0.25) is 0 Å². The summed E-state index contributed by atoms with van der Waals surface area (Å²) in [5, 5.41) is 3.41. The summed E-state index contributed by atoms with van der Waals surface area (Å²) in [4.78, 5) is 11.1. The van der Waals surface area contributed by atoms with Crippen molar-refractivity contribution in [3.8, 4) is 5.88 Å². The number of hydrogen-bond acceptors (Lipinski definition) is 5. The Labute approximate surface area is 115 Å². The second kappa shape index (κ2) is 7.28. The number of nitrogens with zero attached hydrogens (tertiary/aromatic N) is 3. The van der Waals surface area contributed by atoms with E-state index in [1.165, 1.54) is 13.0 Å². The molecule has 0 unspecified atom stereocenters. The van der Waals surface area contributed by atoms with Gasteiger partial charge in [0.1, 0.15) is 0 Å². The zero-order valence-electron chi connectivity index (χ0n) is 11.9. The van der Waals surface area contributed by atoms with Crippen molar-refractivity contribution >= 4 is 5.95 Å². The van der Waals surface area contributed by atoms with Crippen LogP contribution in [0.1, 0.15) is 33.1 Å². The van der Waals surface area contributed by atoms with E-state index >= 15 is 0 Å². The van der Waals surface area contributed by atoms with Crippen molar-refractivity contribution in [3.05, 3.63) is 12.3 Å². The molecule has 2 rings (SSSR count). The maximum Gasteiger partial charge on any atom is 0.226 e. The van der Waals surface area contributed by atoms with Crippen LogP contribution in [0.5, 0.6) is 5.88 Å². The lowest BCUT2D eigenvalue weighted by Gasteiger charge is -2.32. The van der Waals surface area contributed by atoms with Crippen LogP contribution < -0.4 is 10.1 Å². The third-order valence-corrected chi connectivity index (χ3v) is 3.38. The summed E-state index contributed by atoms with van der Waals surface area (Å²) < 4.78 is 5.39. The second-order valence-electron chi connectivity index (χ2n) is 4.91. The largest absolute Gasteiger partial charge is 0.478 e. The summed E-state index contributed by atoms with van der Waals surface area (Å²) in [6.07, 6.45) is 5.29. The Morgan fingerprint density at radius 3 is 2.84 bits per heavy atom. The Hall–Kier alpha value is -1.36. The molecule has 1 aromatic rings. The molecule has 0 aromatic carbocycles. The van der Waals surface area contributed by atoms with E-state index in [9.17, 15) is 0 Å². The van der Waals surface area contributed by atoms with Gasteiger partial charge >= 0.3 is 0 Å². The molecule has 0 radical (unpaired) electrons. The molecule has 1 saturated heterocycles. The van der Waals surface area contributed by atoms with E-state index < -0.39 is 0 Å². The lowest BCUT2D eigenvalue weighted by molar-refractivity contribution is 0.219. The van der Waals surface area contributed by atoms with E-state index in [1.807, 2.05) is 6.92 Å². The molecule has 5 heteroatoms. The van der Waals surface area contributed by atoms with Gasteiger partial charge in [0.2, 0.25) is 11.8 Å². The summed E-state index contributed by atoms with van der Waals surface area (Å²) in [5.74, 6) is 1.32. The fourth-order valence-corrected chi connectivity index (χ4v) is 2.44. The Balaban J connectivity index is 1.83. The number of hydrogen-bond donors (Lipinski definition) is 1. The Bertz CT molecular complexity index is 377. The van der Waals surface area contributed by atoms with Crippen LogP contribution in [0.2, 0.25) is 0 Å². The van der Waals surface area contributed by atoms with Crippen LogP contribution in [0.3, 0.4) is 0 Å². The first kappa shape index (κ1) is 14.1. The van der Waals surface area contributed by atoms with Gasteiger partial charge in [-0.15, -0.1) is 0 Å². The van der Waals surface area contributed by atoms with Crippen molar-refractivity contribution in [3.63, 3.8) is 0 Å². The number of ether oxygens (including phenoxy) is 1. The first-order valence-corrected chi connectivity index (χ1v) is 7.26. The highest BCUT2D eigenvalue weighted by Gasteiger charge is 2.19. The van der Waals surface area contributed by atoms with Crippen LogP contribution in [0.15, 0.2) is 12.3 Å². The molecule has 19 heavy (non-hydrogen) atoms. The molecule has 1 aromatic heterocycles. The fraction of sp³-hybridized carbons (Fsp3) is 0.714. The minimum atomic E-state index is 0.477. The smallest absolute Gasteiger partial charge is 0.226 e. The number of rotatable bonds is 6. The van der Waals surface area contributed by atoms with Crippen molar-refractivity contribution in [1.82, 2.24) is 14.9 Å². The van der Waals surface area contributed by atoms with E-state index in [4.69, 9.17) is 4.74 Å². The summed E-state index contributed by atoms with van der Waals surface area (Å²) in [7, 11) is 0.